The fourth-order valence-electron chi connectivity index (χ4n) is 1.43. The highest BCUT2D eigenvalue weighted by Gasteiger charge is 2.19. The minimum Gasteiger partial charge on any atom is -0.396 e. The van der Waals surface area contributed by atoms with Crippen LogP contribution in [0.25, 0.3) is 0 Å². The van der Waals surface area contributed by atoms with Gasteiger partial charge in [-0.3, -0.25) is 25.7 Å². The second kappa shape index (κ2) is 7.14. The number of hydrogen-bond acceptors (Lipinski definition) is 7. The summed E-state index contributed by atoms with van der Waals surface area (Å²) in [4.78, 5) is 20.0. The van der Waals surface area contributed by atoms with E-state index in [4.69, 9.17) is 5.11 Å². The number of benzene rings is 1. The van der Waals surface area contributed by atoms with Crippen molar-refractivity contribution >= 4 is 22.8 Å². The van der Waals surface area contributed by atoms with Crippen LogP contribution in [-0.4, -0.2) is 27.3 Å². The van der Waals surface area contributed by atoms with Crippen molar-refractivity contribution in [2.75, 3.05) is 12.0 Å². The third-order valence-electron chi connectivity index (χ3n) is 2.45. The Labute approximate surface area is 114 Å². The van der Waals surface area contributed by atoms with Gasteiger partial charge in [0.15, 0.2) is 0 Å². The van der Waals surface area contributed by atoms with Gasteiger partial charge in [-0.1, -0.05) is 0 Å². The number of nitrogens with one attached hydrogen (secondary N) is 1. The molecular weight excluding hydrogens is 268 g/mol. The molecule has 0 bridgehead atoms. The van der Waals surface area contributed by atoms with Crippen molar-refractivity contribution < 1.29 is 15.0 Å². The molecule has 0 spiro atoms. The molecule has 0 atom stereocenters. The van der Waals surface area contributed by atoms with E-state index < -0.39 is 15.5 Å². The molecule has 108 valence electrons. The van der Waals surface area contributed by atoms with Crippen LogP contribution in [0.5, 0.6) is 0 Å². The maximum atomic E-state index is 10.9. The zero-order chi connectivity index (χ0) is 15.1. The molecule has 9 heteroatoms. The molecule has 0 aliphatic rings. The summed E-state index contributed by atoms with van der Waals surface area (Å²) < 4.78 is 0. The van der Waals surface area contributed by atoms with E-state index in [1.807, 2.05) is 0 Å². The van der Waals surface area contributed by atoms with Gasteiger partial charge < -0.3 is 5.11 Å². The van der Waals surface area contributed by atoms with Crippen molar-refractivity contribution in [3.05, 3.63) is 38.4 Å². The Bertz CT molecular complexity index is 544. The molecule has 1 rings (SSSR count). The number of hydrogen-bond donors (Lipinski definition) is 2. The smallest absolute Gasteiger partial charge is 0.301 e. The molecule has 1 aromatic carbocycles. The lowest BCUT2D eigenvalue weighted by Crippen LogP contribution is -2.02. The molecule has 0 fully saturated rings. The Morgan fingerprint density at radius 2 is 2.05 bits per heavy atom. The SMILES string of the molecule is C/C(CCCO)=N/Nc1ccc([N+](=O)[O-])cc1[N+](=O)[O-]. The largest absolute Gasteiger partial charge is 0.396 e. The van der Waals surface area contributed by atoms with Crippen molar-refractivity contribution in [3.8, 4) is 0 Å². The molecule has 2 N–H and O–H groups in total. The molecular formula is C11H14N4O5. The molecule has 1 aromatic rings. The zero-order valence-electron chi connectivity index (χ0n) is 10.8. The van der Waals surface area contributed by atoms with Crippen LogP contribution in [0.4, 0.5) is 17.1 Å². The van der Waals surface area contributed by atoms with Crippen molar-refractivity contribution in [1.82, 2.24) is 0 Å². The van der Waals surface area contributed by atoms with Crippen molar-refractivity contribution in [2.45, 2.75) is 19.8 Å². The highest BCUT2D eigenvalue weighted by molar-refractivity contribution is 5.83. The van der Waals surface area contributed by atoms with Gasteiger partial charge in [-0.15, -0.1) is 0 Å². The van der Waals surface area contributed by atoms with Gasteiger partial charge in [0.2, 0.25) is 0 Å². The van der Waals surface area contributed by atoms with Crippen LogP contribution in [0, 0.1) is 20.2 Å². The minimum atomic E-state index is -0.714. The molecule has 0 radical (unpaired) electrons. The minimum absolute atomic E-state index is 0.0323. The molecule has 0 unspecified atom stereocenters. The van der Waals surface area contributed by atoms with E-state index in [0.717, 1.165) is 12.1 Å². The molecule has 0 aromatic heterocycles. The Balaban J connectivity index is 2.95. The summed E-state index contributed by atoms with van der Waals surface area (Å²) in [6.07, 6.45) is 1.09. The summed E-state index contributed by atoms with van der Waals surface area (Å²) in [7, 11) is 0. The molecule has 0 amide bonds. The van der Waals surface area contributed by atoms with Crippen molar-refractivity contribution in [2.24, 2.45) is 5.10 Å². The predicted molar refractivity (Wildman–Crippen MR) is 72.8 cm³/mol. The summed E-state index contributed by atoms with van der Waals surface area (Å²) in [5.74, 6) is 0. The van der Waals surface area contributed by atoms with Gasteiger partial charge in [0.05, 0.1) is 15.9 Å². The van der Waals surface area contributed by atoms with E-state index in [-0.39, 0.29) is 18.0 Å². The molecule has 20 heavy (non-hydrogen) atoms. The topological polar surface area (TPSA) is 131 Å². The van der Waals surface area contributed by atoms with E-state index >= 15 is 0 Å². The Morgan fingerprint density at radius 3 is 2.60 bits per heavy atom. The normalized spacial score (nSPS) is 11.2. The monoisotopic (exact) mass is 282 g/mol. The van der Waals surface area contributed by atoms with Gasteiger partial charge in [0, 0.05) is 18.4 Å². The zero-order valence-corrected chi connectivity index (χ0v) is 10.8. The fraction of sp³-hybridized carbons (Fsp3) is 0.364. The average Bonchev–Trinajstić information content (AvgIpc) is 2.42. The molecule has 0 saturated heterocycles. The predicted octanol–water partition coefficient (Wildman–Crippen LogP) is 2.06. The van der Waals surface area contributed by atoms with E-state index in [9.17, 15) is 20.2 Å². The van der Waals surface area contributed by atoms with Crippen LogP contribution in [0.15, 0.2) is 23.3 Å². The third-order valence-corrected chi connectivity index (χ3v) is 2.45. The number of nitrogens with zero attached hydrogens (tertiary/aromatic N) is 3. The number of nitro benzene ring substituents is 2. The summed E-state index contributed by atoms with van der Waals surface area (Å²) in [6.45, 7) is 1.74. The van der Waals surface area contributed by atoms with Crippen LogP contribution < -0.4 is 5.43 Å². The number of rotatable bonds is 7. The van der Waals surface area contributed by atoms with Gasteiger partial charge in [-0.05, 0) is 25.8 Å². The van der Waals surface area contributed by atoms with Crippen LogP contribution in [0.2, 0.25) is 0 Å². The molecule has 0 aliphatic heterocycles. The number of hydrazone groups is 1. The summed E-state index contributed by atoms with van der Waals surface area (Å²) >= 11 is 0. The van der Waals surface area contributed by atoms with Gasteiger partial charge in [-0.2, -0.15) is 5.10 Å². The Kier molecular flexibility index (Phi) is 5.54. The number of non-ortho nitro benzene ring substituents is 1. The first-order valence-electron chi connectivity index (χ1n) is 5.78. The summed E-state index contributed by atoms with van der Waals surface area (Å²) in [5.41, 5.74) is 2.47. The second-order valence-corrected chi connectivity index (χ2v) is 4.00. The van der Waals surface area contributed by atoms with Gasteiger partial charge in [0.1, 0.15) is 5.69 Å². The lowest BCUT2D eigenvalue weighted by molar-refractivity contribution is -0.393. The molecule has 0 saturated carbocycles. The number of anilines is 1. The number of aliphatic hydroxyl groups is 1. The van der Waals surface area contributed by atoms with Crippen LogP contribution >= 0.6 is 0 Å². The highest BCUT2D eigenvalue weighted by atomic mass is 16.6. The van der Waals surface area contributed by atoms with Crippen LogP contribution in [0.1, 0.15) is 19.8 Å². The second-order valence-electron chi connectivity index (χ2n) is 4.00. The highest BCUT2D eigenvalue weighted by Crippen LogP contribution is 2.28. The summed E-state index contributed by atoms with van der Waals surface area (Å²) in [6, 6.07) is 3.27. The lowest BCUT2D eigenvalue weighted by Gasteiger charge is -2.04. The summed E-state index contributed by atoms with van der Waals surface area (Å²) in [5, 5.41) is 34.1. The number of aliphatic hydroxyl groups excluding tert-OH is 1. The lowest BCUT2D eigenvalue weighted by atomic mass is 10.2. The van der Waals surface area contributed by atoms with E-state index in [2.05, 4.69) is 10.5 Å². The first-order chi connectivity index (χ1) is 9.45. The van der Waals surface area contributed by atoms with E-state index in [1.54, 1.807) is 6.92 Å². The first-order valence-corrected chi connectivity index (χ1v) is 5.78. The quantitative estimate of drug-likeness (QED) is 0.447. The van der Waals surface area contributed by atoms with Crippen molar-refractivity contribution in [1.29, 1.82) is 0 Å². The molecule has 0 heterocycles. The Morgan fingerprint density at radius 1 is 1.35 bits per heavy atom. The average molecular weight is 282 g/mol. The number of nitro groups is 2. The molecule has 9 nitrogen and oxygen atoms in total. The standard InChI is InChI=1S/C11H14N4O5/c1-8(3-2-6-16)12-13-10-5-4-9(14(17)18)7-11(10)15(19)20/h4-5,7,13,16H,2-3,6H2,1H3/b12-8-. The van der Waals surface area contributed by atoms with Crippen LogP contribution in [0.3, 0.4) is 0 Å². The van der Waals surface area contributed by atoms with E-state index in [0.29, 0.717) is 18.6 Å². The van der Waals surface area contributed by atoms with Crippen LogP contribution in [-0.2, 0) is 0 Å². The van der Waals surface area contributed by atoms with Crippen molar-refractivity contribution in [3.63, 3.8) is 0 Å². The van der Waals surface area contributed by atoms with Gasteiger partial charge in [-0.25, -0.2) is 0 Å². The van der Waals surface area contributed by atoms with E-state index in [1.165, 1.54) is 6.07 Å². The Hall–Kier alpha value is -2.55. The van der Waals surface area contributed by atoms with Gasteiger partial charge in [0.25, 0.3) is 5.69 Å². The molecule has 0 aliphatic carbocycles. The third kappa shape index (κ3) is 4.28. The maximum absolute atomic E-state index is 10.9. The van der Waals surface area contributed by atoms with Gasteiger partial charge >= 0.3 is 5.69 Å². The fourth-order valence-corrected chi connectivity index (χ4v) is 1.43. The first kappa shape index (κ1) is 15.5. The maximum Gasteiger partial charge on any atom is 0.301 e.